The Morgan fingerprint density at radius 1 is 1.32 bits per heavy atom. The van der Waals surface area contributed by atoms with E-state index in [1.54, 1.807) is 18.7 Å². The van der Waals surface area contributed by atoms with Gasteiger partial charge in [-0.05, 0) is 26.0 Å². The summed E-state index contributed by atoms with van der Waals surface area (Å²) < 4.78 is 24.7. The highest BCUT2D eigenvalue weighted by Gasteiger charge is 2.20. The zero-order valence-corrected chi connectivity index (χ0v) is 13.4. The molecular formula is C13H16N4O4S. The quantitative estimate of drug-likeness (QED) is 0.681. The molecule has 0 unspecified atom stereocenters. The van der Waals surface area contributed by atoms with Gasteiger partial charge in [-0.3, -0.25) is 14.8 Å². The van der Waals surface area contributed by atoms with Crippen LogP contribution in [0.15, 0.2) is 23.1 Å². The molecule has 0 atom stereocenters. The third kappa shape index (κ3) is 2.93. The first-order valence-electron chi connectivity index (χ1n) is 6.37. The zero-order valence-electron chi connectivity index (χ0n) is 12.6. The monoisotopic (exact) mass is 324 g/mol. The normalized spacial score (nSPS) is 11.5. The molecule has 0 amide bonds. The Kier molecular flexibility index (Phi) is 3.92. The number of rotatable bonds is 4. The average Bonchev–Trinajstić information content (AvgIpc) is 2.64. The fourth-order valence-corrected chi connectivity index (χ4v) is 2.73. The molecule has 9 heteroatoms. The van der Waals surface area contributed by atoms with Gasteiger partial charge in [-0.15, -0.1) is 0 Å². The van der Waals surface area contributed by atoms with E-state index in [1.165, 1.54) is 12.1 Å². The Morgan fingerprint density at radius 3 is 2.41 bits per heavy atom. The largest absolute Gasteiger partial charge is 0.347 e. The fraction of sp³-hybridized carbons (Fsp3) is 0.308. The van der Waals surface area contributed by atoms with Crippen LogP contribution in [0.2, 0.25) is 0 Å². The first-order chi connectivity index (χ1) is 10.1. The van der Waals surface area contributed by atoms with Crippen LogP contribution in [0.5, 0.6) is 0 Å². The van der Waals surface area contributed by atoms with Crippen molar-refractivity contribution < 1.29 is 13.3 Å². The van der Waals surface area contributed by atoms with E-state index >= 15 is 0 Å². The van der Waals surface area contributed by atoms with Gasteiger partial charge in [0.1, 0.15) is 5.69 Å². The summed E-state index contributed by atoms with van der Waals surface area (Å²) in [5.41, 5.74) is 2.10. The highest BCUT2D eigenvalue weighted by molar-refractivity contribution is 7.90. The number of nitro benzene ring substituents is 1. The summed E-state index contributed by atoms with van der Waals surface area (Å²) in [5, 5.41) is 18.4. The molecule has 22 heavy (non-hydrogen) atoms. The van der Waals surface area contributed by atoms with Gasteiger partial charge in [0.05, 0.1) is 26.9 Å². The second-order valence-corrected chi connectivity index (χ2v) is 7.02. The van der Waals surface area contributed by atoms with Crippen LogP contribution in [0.25, 0.3) is 0 Å². The van der Waals surface area contributed by atoms with Crippen molar-refractivity contribution in [3.63, 3.8) is 0 Å². The predicted molar refractivity (Wildman–Crippen MR) is 82.2 cm³/mol. The smallest absolute Gasteiger partial charge is 0.293 e. The summed E-state index contributed by atoms with van der Waals surface area (Å²) in [6.07, 6.45) is 1.01. The Labute approximate surface area is 127 Å². The molecule has 1 aromatic carbocycles. The van der Waals surface area contributed by atoms with Crippen molar-refractivity contribution in [2.45, 2.75) is 18.7 Å². The molecule has 8 nitrogen and oxygen atoms in total. The van der Waals surface area contributed by atoms with Gasteiger partial charge in [-0.2, -0.15) is 5.10 Å². The van der Waals surface area contributed by atoms with Crippen LogP contribution < -0.4 is 5.32 Å². The van der Waals surface area contributed by atoms with E-state index in [0.29, 0.717) is 11.4 Å². The summed E-state index contributed by atoms with van der Waals surface area (Å²) in [5.74, 6) is 0. The standard InChI is InChI=1S/C13H16N4O4S/c1-8-13(9(2)16(3)15-8)14-11-6-5-10(22(4,20)21)7-12(11)17(18)19/h5-7,14H,1-4H3. The van der Waals surface area contributed by atoms with E-state index in [0.717, 1.165) is 18.0 Å². The maximum absolute atomic E-state index is 11.5. The topological polar surface area (TPSA) is 107 Å². The molecule has 0 aliphatic rings. The van der Waals surface area contributed by atoms with Crippen molar-refractivity contribution in [1.82, 2.24) is 9.78 Å². The van der Waals surface area contributed by atoms with E-state index in [-0.39, 0.29) is 16.3 Å². The number of sulfone groups is 1. The molecule has 0 saturated heterocycles. The lowest BCUT2D eigenvalue weighted by Crippen LogP contribution is -2.03. The third-order valence-corrected chi connectivity index (χ3v) is 4.47. The Balaban J connectivity index is 2.54. The summed E-state index contributed by atoms with van der Waals surface area (Å²) in [7, 11) is -1.74. The van der Waals surface area contributed by atoms with Crippen molar-refractivity contribution in [1.29, 1.82) is 0 Å². The summed E-state index contributed by atoms with van der Waals surface area (Å²) in [4.78, 5) is 10.5. The summed E-state index contributed by atoms with van der Waals surface area (Å²) in [6.45, 7) is 3.62. The Hall–Kier alpha value is -2.42. The average molecular weight is 324 g/mol. The lowest BCUT2D eigenvalue weighted by Gasteiger charge is -2.09. The van der Waals surface area contributed by atoms with E-state index in [2.05, 4.69) is 10.4 Å². The third-order valence-electron chi connectivity index (χ3n) is 3.36. The number of benzene rings is 1. The molecule has 0 spiro atoms. The number of anilines is 2. The van der Waals surface area contributed by atoms with Crippen LogP contribution in [0.4, 0.5) is 17.1 Å². The molecule has 0 bridgehead atoms. The number of hydrogen-bond acceptors (Lipinski definition) is 6. The van der Waals surface area contributed by atoms with Crippen molar-refractivity contribution in [2.75, 3.05) is 11.6 Å². The van der Waals surface area contributed by atoms with Crippen molar-refractivity contribution >= 4 is 26.9 Å². The molecule has 0 radical (unpaired) electrons. The molecule has 1 aromatic heterocycles. The van der Waals surface area contributed by atoms with Gasteiger partial charge in [0.25, 0.3) is 5.69 Å². The molecule has 1 N–H and O–H groups in total. The predicted octanol–water partition coefficient (Wildman–Crippen LogP) is 2.09. The first-order valence-corrected chi connectivity index (χ1v) is 8.26. The van der Waals surface area contributed by atoms with Crippen LogP contribution >= 0.6 is 0 Å². The van der Waals surface area contributed by atoms with Crippen molar-refractivity contribution in [2.24, 2.45) is 7.05 Å². The number of nitro groups is 1. The highest BCUT2D eigenvalue weighted by atomic mass is 32.2. The van der Waals surface area contributed by atoms with Gasteiger partial charge < -0.3 is 5.32 Å². The van der Waals surface area contributed by atoms with Gasteiger partial charge in [0.15, 0.2) is 9.84 Å². The number of nitrogens with one attached hydrogen (secondary N) is 1. The molecule has 0 aliphatic carbocycles. The number of hydrogen-bond donors (Lipinski definition) is 1. The van der Waals surface area contributed by atoms with Crippen molar-refractivity contribution in [3.05, 3.63) is 39.7 Å². The number of aromatic nitrogens is 2. The summed E-state index contributed by atoms with van der Waals surface area (Å²) >= 11 is 0. The molecule has 1 heterocycles. The SMILES string of the molecule is Cc1nn(C)c(C)c1Nc1ccc(S(C)(=O)=O)cc1[N+](=O)[O-]. The first kappa shape index (κ1) is 16.0. The van der Waals surface area contributed by atoms with E-state index in [4.69, 9.17) is 0 Å². The highest BCUT2D eigenvalue weighted by Crippen LogP contribution is 2.32. The maximum Gasteiger partial charge on any atom is 0.293 e. The lowest BCUT2D eigenvalue weighted by molar-refractivity contribution is -0.384. The molecule has 0 saturated carbocycles. The van der Waals surface area contributed by atoms with Gasteiger partial charge in [0, 0.05) is 19.4 Å². The molecule has 0 fully saturated rings. The number of aryl methyl sites for hydroxylation is 2. The van der Waals surface area contributed by atoms with Crippen LogP contribution in [-0.2, 0) is 16.9 Å². The van der Waals surface area contributed by atoms with Crippen LogP contribution in [-0.4, -0.2) is 29.4 Å². The van der Waals surface area contributed by atoms with Crippen molar-refractivity contribution in [3.8, 4) is 0 Å². The molecular weight excluding hydrogens is 308 g/mol. The second-order valence-electron chi connectivity index (χ2n) is 5.00. The maximum atomic E-state index is 11.5. The van der Waals surface area contributed by atoms with Crippen LogP contribution in [0.3, 0.4) is 0 Å². The van der Waals surface area contributed by atoms with Gasteiger partial charge in [-0.25, -0.2) is 8.42 Å². The van der Waals surface area contributed by atoms with E-state index in [1.807, 2.05) is 6.92 Å². The van der Waals surface area contributed by atoms with Crippen LogP contribution in [0.1, 0.15) is 11.4 Å². The van der Waals surface area contributed by atoms with E-state index < -0.39 is 14.8 Å². The fourth-order valence-electron chi connectivity index (χ4n) is 2.09. The van der Waals surface area contributed by atoms with Gasteiger partial charge in [0.2, 0.25) is 0 Å². The Bertz CT molecular complexity index is 855. The van der Waals surface area contributed by atoms with Crippen LogP contribution in [0, 0.1) is 24.0 Å². The zero-order chi connectivity index (χ0) is 16.7. The second kappa shape index (κ2) is 5.41. The molecule has 2 rings (SSSR count). The minimum atomic E-state index is -3.51. The molecule has 0 aliphatic heterocycles. The van der Waals surface area contributed by atoms with Gasteiger partial charge in [-0.1, -0.05) is 0 Å². The lowest BCUT2D eigenvalue weighted by atomic mass is 10.2. The molecule has 2 aromatic rings. The molecule has 118 valence electrons. The number of nitrogens with zero attached hydrogens (tertiary/aromatic N) is 3. The minimum absolute atomic E-state index is 0.0932. The van der Waals surface area contributed by atoms with Gasteiger partial charge >= 0.3 is 0 Å². The minimum Gasteiger partial charge on any atom is -0.347 e. The Morgan fingerprint density at radius 2 is 1.95 bits per heavy atom. The van der Waals surface area contributed by atoms with E-state index in [9.17, 15) is 18.5 Å². The summed E-state index contributed by atoms with van der Waals surface area (Å²) in [6, 6.07) is 3.78.